The van der Waals surface area contributed by atoms with E-state index in [-0.39, 0.29) is 35.3 Å². The Hall–Kier alpha value is -1.28. The molecule has 0 aromatic heterocycles. The summed E-state index contributed by atoms with van der Waals surface area (Å²) in [5, 5.41) is 0. The zero-order valence-corrected chi connectivity index (χ0v) is 12.3. The average Bonchev–Trinajstić information content (AvgIpc) is 2.71. The zero-order valence-electron chi connectivity index (χ0n) is 11.5. The molecular weight excluding hydrogens is 305 g/mol. The number of alkyl halides is 3. The lowest BCUT2D eigenvalue weighted by molar-refractivity contribution is -0.138. The van der Waals surface area contributed by atoms with Gasteiger partial charge in [-0.15, -0.1) is 0 Å². The molecular formula is C13H17F3N2O2S. The van der Waals surface area contributed by atoms with Crippen LogP contribution in [-0.2, 0) is 22.6 Å². The Morgan fingerprint density at radius 1 is 1.38 bits per heavy atom. The van der Waals surface area contributed by atoms with E-state index in [1.165, 1.54) is 12.1 Å². The zero-order chi connectivity index (χ0) is 15.8. The number of hydrogen-bond acceptors (Lipinski definition) is 4. The molecule has 1 aromatic rings. The van der Waals surface area contributed by atoms with Crippen LogP contribution in [0.25, 0.3) is 0 Å². The Balaban J connectivity index is 2.20. The first-order valence-corrected chi connectivity index (χ1v) is 8.27. The summed E-state index contributed by atoms with van der Waals surface area (Å²) in [5.41, 5.74) is 4.80. The van der Waals surface area contributed by atoms with Crippen molar-refractivity contribution in [2.45, 2.75) is 25.2 Å². The molecule has 1 heterocycles. The van der Waals surface area contributed by atoms with E-state index >= 15 is 0 Å². The third kappa shape index (κ3) is 3.88. The van der Waals surface area contributed by atoms with Gasteiger partial charge in [0.15, 0.2) is 9.84 Å². The number of sulfone groups is 1. The lowest BCUT2D eigenvalue weighted by atomic mass is 10.0. The van der Waals surface area contributed by atoms with Crippen LogP contribution in [0.2, 0.25) is 0 Å². The molecule has 1 fully saturated rings. The van der Waals surface area contributed by atoms with Crippen LogP contribution in [0, 0.1) is 0 Å². The number of hydrogen-bond donors (Lipinski definition) is 1. The van der Waals surface area contributed by atoms with Crippen LogP contribution in [0.1, 0.15) is 17.5 Å². The quantitative estimate of drug-likeness (QED) is 0.864. The first-order chi connectivity index (χ1) is 9.58. The van der Waals surface area contributed by atoms with E-state index in [2.05, 4.69) is 0 Å². The minimum atomic E-state index is -4.48. The lowest BCUT2D eigenvalue weighted by Gasteiger charge is -2.25. The maximum Gasteiger partial charge on any atom is 0.416 e. The van der Waals surface area contributed by atoms with Gasteiger partial charge in [-0.25, -0.2) is 8.42 Å². The summed E-state index contributed by atoms with van der Waals surface area (Å²) in [7, 11) is -1.42. The number of anilines is 1. The van der Waals surface area contributed by atoms with E-state index in [1.807, 2.05) is 0 Å². The molecule has 2 N–H and O–H groups in total. The number of halogens is 3. The Labute approximate surface area is 121 Å². The van der Waals surface area contributed by atoms with Gasteiger partial charge in [-0.3, -0.25) is 4.90 Å². The van der Waals surface area contributed by atoms with Crippen molar-refractivity contribution >= 4 is 15.5 Å². The Kier molecular flexibility index (Phi) is 4.21. The molecule has 1 aliphatic rings. The monoisotopic (exact) mass is 322 g/mol. The molecule has 1 atom stereocenters. The average molecular weight is 322 g/mol. The molecule has 0 bridgehead atoms. The first kappa shape index (κ1) is 16.1. The Morgan fingerprint density at radius 3 is 2.57 bits per heavy atom. The van der Waals surface area contributed by atoms with Crippen LogP contribution in [0.4, 0.5) is 18.9 Å². The van der Waals surface area contributed by atoms with Gasteiger partial charge in [-0.2, -0.15) is 13.2 Å². The summed E-state index contributed by atoms with van der Waals surface area (Å²) in [6.45, 7) is 0.0370. The summed E-state index contributed by atoms with van der Waals surface area (Å²) in [5.74, 6) is 0.0930. The van der Waals surface area contributed by atoms with E-state index < -0.39 is 21.6 Å². The maximum atomic E-state index is 13.0. The second-order valence-corrected chi connectivity index (χ2v) is 7.62. The van der Waals surface area contributed by atoms with Crippen molar-refractivity contribution in [1.82, 2.24) is 4.90 Å². The van der Waals surface area contributed by atoms with Gasteiger partial charge in [-0.1, -0.05) is 6.07 Å². The first-order valence-electron chi connectivity index (χ1n) is 6.45. The Morgan fingerprint density at radius 2 is 2.05 bits per heavy atom. The second kappa shape index (κ2) is 5.49. The van der Waals surface area contributed by atoms with Crippen molar-refractivity contribution < 1.29 is 21.6 Å². The van der Waals surface area contributed by atoms with Crippen molar-refractivity contribution in [3.05, 3.63) is 29.3 Å². The SMILES string of the molecule is CN(Cc1ccc(N)cc1C(F)(F)F)C1CCS(=O)(=O)C1. The minimum absolute atomic E-state index is 0.000175. The molecule has 0 radical (unpaired) electrons. The lowest BCUT2D eigenvalue weighted by Crippen LogP contribution is -2.32. The van der Waals surface area contributed by atoms with Gasteiger partial charge in [0.2, 0.25) is 0 Å². The topological polar surface area (TPSA) is 63.4 Å². The molecule has 1 saturated heterocycles. The molecule has 1 unspecified atom stereocenters. The van der Waals surface area contributed by atoms with Crippen molar-refractivity contribution in [3.8, 4) is 0 Å². The van der Waals surface area contributed by atoms with Gasteiger partial charge in [0.1, 0.15) is 0 Å². The summed E-state index contributed by atoms with van der Waals surface area (Å²) in [6, 6.07) is 3.44. The number of nitrogens with zero attached hydrogens (tertiary/aromatic N) is 1. The van der Waals surface area contributed by atoms with Crippen molar-refractivity contribution in [3.63, 3.8) is 0 Å². The van der Waals surface area contributed by atoms with Crippen LogP contribution < -0.4 is 5.73 Å². The highest BCUT2D eigenvalue weighted by molar-refractivity contribution is 7.91. The number of benzene rings is 1. The van der Waals surface area contributed by atoms with Gasteiger partial charge in [0.25, 0.3) is 0 Å². The van der Waals surface area contributed by atoms with Crippen LogP contribution in [0.15, 0.2) is 18.2 Å². The molecule has 8 heteroatoms. The third-order valence-electron chi connectivity index (χ3n) is 3.69. The molecule has 1 aliphatic heterocycles. The molecule has 2 rings (SSSR count). The molecule has 0 spiro atoms. The van der Waals surface area contributed by atoms with Gasteiger partial charge in [0, 0.05) is 18.3 Å². The number of nitrogens with two attached hydrogens (primary N) is 1. The predicted molar refractivity (Wildman–Crippen MR) is 74.4 cm³/mol. The van der Waals surface area contributed by atoms with Crippen LogP contribution in [0.3, 0.4) is 0 Å². The van der Waals surface area contributed by atoms with Gasteiger partial charge in [0.05, 0.1) is 17.1 Å². The van der Waals surface area contributed by atoms with Crippen LogP contribution in [0.5, 0.6) is 0 Å². The summed E-state index contributed by atoms with van der Waals surface area (Å²) in [4.78, 5) is 1.66. The standard InChI is InChI=1S/C13H17F3N2O2S/c1-18(11-4-5-21(19,20)8-11)7-9-2-3-10(17)6-12(9)13(14,15)16/h2-3,6,11H,4-5,7-8,17H2,1H3. The summed E-state index contributed by atoms with van der Waals surface area (Å²) in [6.07, 6.45) is -4.03. The normalized spacial score (nSPS) is 21.9. The van der Waals surface area contributed by atoms with Crippen molar-refractivity contribution in [1.29, 1.82) is 0 Å². The summed E-state index contributed by atoms with van der Waals surface area (Å²) < 4.78 is 61.9. The third-order valence-corrected chi connectivity index (χ3v) is 5.44. The summed E-state index contributed by atoms with van der Waals surface area (Å²) >= 11 is 0. The van der Waals surface area contributed by atoms with E-state index in [0.717, 1.165) is 6.07 Å². The highest BCUT2D eigenvalue weighted by Gasteiger charge is 2.35. The highest BCUT2D eigenvalue weighted by Crippen LogP contribution is 2.34. The second-order valence-electron chi connectivity index (χ2n) is 5.39. The van der Waals surface area contributed by atoms with E-state index in [1.54, 1.807) is 11.9 Å². The van der Waals surface area contributed by atoms with Crippen molar-refractivity contribution in [2.24, 2.45) is 0 Å². The predicted octanol–water partition coefficient (Wildman–Crippen LogP) is 1.91. The van der Waals surface area contributed by atoms with E-state index in [4.69, 9.17) is 5.73 Å². The van der Waals surface area contributed by atoms with Gasteiger partial charge >= 0.3 is 6.18 Å². The molecule has 4 nitrogen and oxygen atoms in total. The number of rotatable bonds is 3. The highest BCUT2D eigenvalue weighted by atomic mass is 32.2. The maximum absolute atomic E-state index is 13.0. The van der Waals surface area contributed by atoms with Gasteiger partial charge < -0.3 is 5.73 Å². The van der Waals surface area contributed by atoms with Crippen LogP contribution in [-0.4, -0.2) is 37.9 Å². The van der Waals surface area contributed by atoms with Crippen molar-refractivity contribution in [2.75, 3.05) is 24.3 Å². The smallest absolute Gasteiger partial charge is 0.399 e. The Bertz CT molecular complexity index is 629. The minimum Gasteiger partial charge on any atom is -0.399 e. The van der Waals surface area contributed by atoms with Crippen LogP contribution >= 0.6 is 0 Å². The molecule has 118 valence electrons. The van der Waals surface area contributed by atoms with E-state index in [9.17, 15) is 21.6 Å². The molecule has 0 saturated carbocycles. The fourth-order valence-corrected chi connectivity index (χ4v) is 4.32. The molecule has 1 aromatic carbocycles. The molecule has 0 aliphatic carbocycles. The van der Waals surface area contributed by atoms with E-state index in [0.29, 0.717) is 6.42 Å². The van der Waals surface area contributed by atoms with Gasteiger partial charge in [-0.05, 0) is 31.2 Å². The molecule has 0 amide bonds. The number of nitrogen functional groups attached to an aromatic ring is 1. The fraction of sp³-hybridized carbons (Fsp3) is 0.538. The molecule has 21 heavy (non-hydrogen) atoms. The fourth-order valence-electron chi connectivity index (χ4n) is 2.52. The largest absolute Gasteiger partial charge is 0.416 e.